The molecule has 2 aliphatic rings. The standard InChI is InChI=1S/C24H33N5O5/c1-5-18-17(8-9-19(30)27-10-11-34-13-15(27)4)22-28(12-14(2)3)23(32)20(24(33)29(22)26-18)21(31)25-16-6-7-16/h8-9,14-16,32H,5-7,10-13H2,1-4H3,(H,25,31)/b9-8+/t15-/m0/s1. The number of morpholine rings is 1. The maximum atomic E-state index is 13.3. The molecule has 3 heterocycles. The lowest BCUT2D eigenvalue weighted by Gasteiger charge is -2.32. The number of fused-ring (bicyclic) bond motifs is 1. The molecular weight excluding hydrogens is 438 g/mol. The zero-order chi connectivity index (χ0) is 24.6. The van der Waals surface area contributed by atoms with E-state index >= 15 is 0 Å². The molecule has 0 aromatic carbocycles. The van der Waals surface area contributed by atoms with Crippen LogP contribution in [0.25, 0.3) is 11.7 Å². The molecule has 1 saturated heterocycles. The van der Waals surface area contributed by atoms with E-state index in [0.717, 1.165) is 12.8 Å². The normalized spacial score (nSPS) is 18.9. The van der Waals surface area contributed by atoms with Gasteiger partial charge in [0.05, 0.1) is 24.9 Å². The summed E-state index contributed by atoms with van der Waals surface area (Å²) in [5, 5.41) is 18.4. The highest BCUT2D eigenvalue weighted by atomic mass is 16.5. The van der Waals surface area contributed by atoms with Crippen molar-refractivity contribution >= 4 is 23.5 Å². The molecule has 2 N–H and O–H groups in total. The van der Waals surface area contributed by atoms with Gasteiger partial charge < -0.3 is 20.1 Å². The average Bonchev–Trinajstić information content (AvgIpc) is 3.52. The van der Waals surface area contributed by atoms with Gasteiger partial charge in [0.1, 0.15) is 5.65 Å². The monoisotopic (exact) mass is 471 g/mol. The lowest BCUT2D eigenvalue weighted by atomic mass is 10.1. The maximum absolute atomic E-state index is 13.3. The number of carbonyl (C=O) groups is 2. The van der Waals surface area contributed by atoms with Gasteiger partial charge in [0.25, 0.3) is 11.5 Å². The Balaban J connectivity index is 1.84. The lowest BCUT2D eigenvalue weighted by molar-refractivity contribution is -0.133. The van der Waals surface area contributed by atoms with Crippen LogP contribution in [0.1, 0.15) is 62.2 Å². The Morgan fingerprint density at radius 1 is 1.32 bits per heavy atom. The summed E-state index contributed by atoms with van der Waals surface area (Å²) < 4.78 is 8.16. The molecule has 2 amide bonds. The summed E-state index contributed by atoms with van der Waals surface area (Å²) in [7, 11) is 0. The second-order valence-corrected chi connectivity index (χ2v) is 9.49. The van der Waals surface area contributed by atoms with Gasteiger partial charge in [-0.2, -0.15) is 9.61 Å². The fraction of sp³-hybridized carbons (Fsp3) is 0.583. The Labute approximate surface area is 198 Å². The topological polar surface area (TPSA) is 118 Å². The summed E-state index contributed by atoms with van der Waals surface area (Å²) in [6.07, 6.45) is 5.37. The molecule has 1 atom stereocenters. The first-order valence-corrected chi connectivity index (χ1v) is 12.0. The van der Waals surface area contributed by atoms with Gasteiger partial charge in [-0.3, -0.25) is 19.0 Å². The van der Waals surface area contributed by atoms with Crippen molar-refractivity contribution in [2.75, 3.05) is 19.8 Å². The molecule has 2 aromatic rings. The minimum Gasteiger partial charge on any atom is -0.494 e. The number of aromatic nitrogens is 3. The molecule has 4 rings (SSSR count). The molecule has 184 valence electrons. The number of ether oxygens (including phenoxy) is 1. The molecule has 34 heavy (non-hydrogen) atoms. The summed E-state index contributed by atoms with van der Waals surface area (Å²) in [6, 6.07) is 0.00705. The predicted octanol–water partition coefficient (Wildman–Crippen LogP) is 1.57. The number of nitrogens with zero attached hydrogens (tertiary/aromatic N) is 4. The fourth-order valence-electron chi connectivity index (χ4n) is 4.26. The van der Waals surface area contributed by atoms with E-state index in [1.165, 1.54) is 10.6 Å². The number of carbonyl (C=O) groups excluding carboxylic acids is 2. The number of hydrogen-bond donors (Lipinski definition) is 2. The van der Waals surface area contributed by atoms with E-state index in [4.69, 9.17) is 4.74 Å². The van der Waals surface area contributed by atoms with Crippen molar-refractivity contribution in [1.82, 2.24) is 24.4 Å². The molecule has 2 fully saturated rings. The third kappa shape index (κ3) is 4.59. The van der Waals surface area contributed by atoms with E-state index in [-0.39, 0.29) is 35.4 Å². The van der Waals surface area contributed by atoms with Gasteiger partial charge in [-0.15, -0.1) is 0 Å². The van der Waals surface area contributed by atoms with Gasteiger partial charge in [0.15, 0.2) is 5.56 Å². The zero-order valence-electron chi connectivity index (χ0n) is 20.2. The van der Waals surface area contributed by atoms with Gasteiger partial charge in [-0.25, -0.2) is 0 Å². The van der Waals surface area contributed by atoms with Crippen molar-refractivity contribution in [3.8, 4) is 5.88 Å². The van der Waals surface area contributed by atoms with Gasteiger partial charge >= 0.3 is 0 Å². The van der Waals surface area contributed by atoms with E-state index in [9.17, 15) is 19.5 Å². The Morgan fingerprint density at radius 3 is 2.68 bits per heavy atom. The van der Waals surface area contributed by atoms with Crippen LogP contribution in [0.5, 0.6) is 5.88 Å². The highest BCUT2D eigenvalue weighted by Crippen LogP contribution is 2.26. The van der Waals surface area contributed by atoms with Gasteiger partial charge in [-0.1, -0.05) is 20.8 Å². The molecule has 0 unspecified atom stereocenters. The molecular formula is C24H33N5O5. The largest absolute Gasteiger partial charge is 0.494 e. The minimum atomic E-state index is -0.673. The van der Waals surface area contributed by atoms with Crippen LogP contribution in [0.3, 0.4) is 0 Å². The van der Waals surface area contributed by atoms with Gasteiger partial charge in [0.2, 0.25) is 11.8 Å². The van der Waals surface area contributed by atoms with Crippen LogP contribution < -0.4 is 10.9 Å². The molecule has 0 spiro atoms. The zero-order valence-corrected chi connectivity index (χ0v) is 20.2. The Bertz CT molecular complexity index is 1190. The van der Waals surface area contributed by atoms with Crippen LogP contribution in [-0.4, -0.2) is 67.8 Å². The first-order valence-electron chi connectivity index (χ1n) is 12.0. The number of rotatable bonds is 7. The van der Waals surface area contributed by atoms with Crippen LogP contribution >= 0.6 is 0 Å². The average molecular weight is 472 g/mol. The minimum absolute atomic E-state index is 0.0313. The van der Waals surface area contributed by atoms with Crippen LogP contribution in [0, 0.1) is 5.92 Å². The number of hydrogen-bond acceptors (Lipinski definition) is 6. The number of amides is 2. The third-order valence-electron chi connectivity index (χ3n) is 6.18. The molecule has 10 heteroatoms. The van der Waals surface area contributed by atoms with Crippen LogP contribution in [0.2, 0.25) is 0 Å². The van der Waals surface area contributed by atoms with Crippen LogP contribution in [-0.2, 0) is 22.5 Å². The fourth-order valence-corrected chi connectivity index (χ4v) is 4.26. The molecule has 1 aliphatic heterocycles. The number of aryl methyl sites for hydroxylation is 1. The number of aromatic hydroxyl groups is 1. The molecule has 0 radical (unpaired) electrons. The van der Waals surface area contributed by atoms with Crippen molar-refractivity contribution < 1.29 is 19.4 Å². The smallest absolute Gasteiger partial charge is 0.291 e. The van der Waals surface area contributed by atoms with Crippen molar-refractivity contribution in [2.45, 2.75) is 65.6 Å². The molecule has 2 aromatic heterocycles. The first kappa shape index (κ1) is 24.0. The highest BCUT2D eigenvalue weighted by Gasteiger charge is 2.30. The highest BCUT2D eigenvalue weighted by molar-refractivity contribution is 5.97. The van der Waals surface area contributed by atoms with Crippen molar-refractivity contribution in [3.05, 3.63) is 33.3 Å². The Morgan fingerprint density at radius 2 is 2.06 bits per heavy atom. The molecule has 0 bridgehead atoms. The molecule has 1 aliphatic carbocycles. The van der Waals surface area contributed by atoms with Gasteiger partial charge in [0, 0.05) is 30.8 Å². The van der Waals surface area contributed by atoms with Crippen molar-refractivity contribution in [1.29, 1.82) is 0 Å². The number of nitrogens with one attached hydrogen (secondary N) is 1. The maximum Gasteiger partial charge on any atom is 0.291 e. The molecule has 10 nitrogen and oxygen atoms in total. The van der Waals surface area contributed by atoms with Crippen LogP contribution in [0.4, 0.5) is 0 Å². The summed E-state index contributed by atoms with van der Waals surface area (Å²) >= 11 is 0. The van der Waals surface area contributed by atoms with Gasteiger partial charge in [-0.05, 0) is 38.2 Å². The quantitative estimate of drug-likeness (QED) is 0.592. The van der Waals surface area contributed by atoms with E-state index in [0.29, 0.717) is 49.6 Å². The first-order chi connectivity index (χ1) is 16.2. The molecule has 1 saturated carbocycles. The second kappa shape index (κ2) is 9.61. The predicted molar refractivity (Wildman–Crippen MR) is 127 cm³/mol. The van der Waals surface area contributed by atoms with Crippen LogP contribution in [0.15, 0.2) is 10.9 Å². The SMILES string of the molecule is CCc1nn2c(=O)c(C(=O)NC3CC3)c(O)n(CC(C)C)c2c1/C=C/C(=O)N1CCOC[C@@H]1C. The van der Waals surface area contributed by atoms with Crippen molar-refractivity contribution in [3.63, 3.8) is 0 Å². The van der Waals surface area contributed by atoms with Crippen molar-refractivity contribution in [2.24, 2.45) is 5.92 Å². The Kier molecular flexibility index (Phi) is 6.79. The summed E-state index contributed by atoms with van der Waals surface area (Å²) in [5.41, 5.74) is 0.578. The second-order valence-electron chi connectivity index (χ2n) is 9.49. The van der Waals surface area contributed by atoms with E-state index < -0.39 is 11.5 Å². The summed E-state index contributed by atoms with van der Waals surface area (Å²) in [5.74, 6) is -1.01. The summed E-state index contributed by atoms with van der Waals surface area (Å²) in [4.78, 5) is 40.7. The third-order valence-corrected chi connectivity index (χ3v) is 6.18. The Hall–Kier alpha value is -3.14. The van der Waals surface area contributed by atoms with E-state index in [1.807, 2.05) is 27.7 Å². The lowest BCUT2D eigenvalue weighted by Crippen LogP contribution is -2.46. The van der Waals surface area contributed by atoms with E-state index in [1.54, 1.807) is 15.5 Å². The summed E-state index contributed by atoms with van der Waals surface area (Å²) in [6.45, 7) is 9.66. The van der Waals surface area contributed by atoms with E-state index in [2.05, 4.69) is 10.4 Å².